The second kappa shape index (κ2) is 40.0. The first kappa shape index (κ1) is 75.7. The van der Waals surface area contributed by atoms with Crippen molar-refractivity contribution in [2.45, 2.75) is 214 Å². The Labute approximate surface area is 489 Å². The summed E-state index contributed by atoms with van der Waals surface area (Å²) >= 11 is 0. The molecule has 0 heterocycles. The number of carbonyl (C=O) groups is 11. The van der Waals surface area contributed by atoms with Gasteiger partial charge in [0.05, 0.1) is 0 Å². The molecule has 0 radical (unpaired) electrons. The minimum atomic E-state index is -1.35. The summed E-state index contributed by atoms with van der Waals surface area (Å²) in [5, 5.41) is 24.3. The van der Waals surface area contributed by atoms with Gasteiger partial charge in [-0.2, -0.15) is 0 Å². The number of guanidine groups is 2. The number of aliphatic imine (C=N–C) groups is 2. The number of nitrogens with two attached hydrogens (primary N) is 7. The first-order valence-corrected chi connectivity index (χ1v) is 28.8. The van der Waals surface area contributed by atoms with Gasteiger partial charge in [0.25, 0.3) is 0 Å². The van der Waals surface area contributed by atoms with E-state index in [2.05, 4.69) is 57.8 Å². The van der Waals surface area contributed by atoms with Crippen LogP contribution in [-0.2, 0) is 52.7 Å². The summed E-state index contributed by atoms with van der Waals surface area (Å²) in [4.78, 5) is 157. The molecular formula is C54H102N18O11. The van der Waals surface area contributed by atoms with Gasteiger partial charge in [-0.15, -0.1) is 0 Å². The third-order valence-corrected chi connectivity index (χ3v) is 12.7. The van der Waals surface area contributed by atoms with E-state index in [1.165, 1.54) is 6.92 Å². The Hall–Kier alpha value is -7.33. The van der Waals surface area contributed by atoms with Crippen molar-refractivity contribution >= 4 is 76.9 Å². The molecule has 0 bridgehead atoms. The molecule has 0 unspecified atom stereocenters. The van der Waals surface area contributed by atoms with E-state index in [4.69, 9.17) is 40.1 Å². The number of hydrogen-bond acceptors (Lipinski definition) is 14. The lowest BCUT2D eigenvalue weighted by Gasteiger charge is -2.30. The van der Waals surface area contributed by atoms with E-state index in [-0.39, 0.29) is 119 Å². The molecular weight excluding hydrogens is 1080 g/mol. The molecule has 11 amide bonds. The molecule has 0 aliphatic carbocycles. The number of hydrogen-bond donors (Lipinski definition) is 16. The molecule has 0 saturated heterocycles. The largest absolute Gasteiger partial charge is 0.370 e. The molecule has 0 rings (SSSR count). The van der Waals surface area contributed by atoms with E-state index in [1.807, 2.05) is 55.4 Å². The minimum Gasteiger partial charge on any atom is -0.370 e. The quantitative estimate of drug-likeness (QED) is 0.0167. The Morgan fingerprint density at radius 1 is 0.361 bits per heavy atom. The van der Waals surface area contributed by atoms with Gasteiger partial charge in [-0.25, -0.2) is 0 Å². The zero-order valence-corrected chi connectivity index (χ0v) is 50.8. The molecule has 0 spiro atoms. The van der Waals surface area contributed by atoms with Crippen molar-refractivity contribution < 1.29 is 52.7 Å². The van der Waals surface area contributed by atoms with Gasteiger partial charge >= 0.3 is 0 Å². The number of amides is 11. The van der Waals surface area contributed by atoms with Crippen molar-refractivity contribution in [1.82, 2.24) is 47.9 Å². The van der Waals surface area contributed by atoms with Crippen molar-refractivity contribution in [2.75, 3.05) is 19.6 Å². The maximum absolute atomic E-state index is 14.4. The average molecular weight is 1180 g/mol. The topological polar surface area (TPSA) is 503 Å². The SMILES string of the molecule is CC(=O)N[C@@H](CC(C)C)C(=O)N[C@@H](CC(C)C)C(=O)N[C@@H](CC(C)C)C(=O)N[C@@H](CC(C)C)C(=O)N[C@@H](CCCN=C(N)N)C(=O)N[C@H](C(=O)N[C@@H](CCCCN)C(=O)N[C@@H](CCCN=C(N)N)C(=O)N[C@@H](CCC(N)=O)C(N)=O)C(C)C. The van der Waals surface area contributed by atoms with Crippen LogP contribution < -0.4 is 88.0 Å². The van der Waals surface area contributed by atoms with Gasteiger partial charge in [0.1, 0.15) is 54.4 Å². The number of nitrogens with one attached hydrogen (secondary N) is 9. The number of nitrogens with zero attached hydrogens (tertiary/aromatic N) is 2. The smallest absolute Gasteiger partial charge is 0.243 e. The zero-order valence-electron chi connectivity index (χ0n) is 50.8. The molecule has 29 nitrogen and oxygen atoms in total. The number of rotatable bonds is 42. The third-order valence-electron chi connectivity index (χ3n) is 12.7. The highest BCUT2D eigenvalue weighted by atomic mass is 16.2. The van der Waals surface area contributed by atoms with Crippen LogP contribution in [0.2, 0.25) is 0 Å². The number of primary amides is 2. The predicted octanol–water partition coefficient (Wildman–Crippen LogP) is -2.80. The fraction of sp³-hybridized carbons (Fsp3) is 0.759. The molecule has 0 saturated carbocycles. The summed E-state index contributed by atoms with van der Waals surface area (Å²) in [6, 6.07) is -11.1. The molecule has 9 atom stereocenters. The number of unbranched alkanes of at least 4 members (excludes halogenated alkanes) is 1. The Bertz CT molecular complexity index is 2180. The molecule has 23 N–H and O–H groups in total. The molecule has 0 aromatic heterocycles. The summed E-state index contributed by atoms with van der Waals surface area (Å²) < 4.78 is 0. The average Bonchev–Trinajstić information content (AvgIpc) is 3.42. The van der Waals surface area contributed by atoms with Gasteiger partial charge in [0, 0.05) is 26.4 Å². The van der Waals surface area contributed by atoms with Crippen molar-refractivity contribution in [1.29, 1.82) is 0 Å². The van der Waals surface area contributed by atoms with Crippen LogP contribution in [-0.4, -0.2) is 151 Å². The van der Waals surface area contributed by atoms with Gasteiger partial charge in [0.2, 0.25) is 65.0 Å². The van der Waals surface area contributed by atoms with Gasteiger partial charge in [-0.3, -0.25) is 62.7 Å². The lowest BCUT2D eigenvalue weighted by atomic mass is 9.97. The molecule has 0 aliphatic rings. The fourth-order valence-electron chi connectivity index (χ4n) is 8.62. The zero-order chi connectivity index (χ0) is 63.7. The molecule has 0 fully saturated rings. The Balaban J connectivity index is 7.01. The standard InChI is InChI=1S/C54H102N18O11/c1-28(2)24-38(64-33(11)73)48(79)69-40(26-30(5)6)50(81)71-41(27-31(7)8)51(82)70-39(25-29(3)4)49(80)67-37(18-15-23-63-54(60)61)47(78)72-43(32(9)10)52(83)68-35(16-12-13-21-55)46(77)66-36(17-14-22-62-53(58)59)45(76)65-34(44(57)75)19-20-42(56)74/h28-32,34-41,43H,12-27,55H2,1-11H3,(H2,56,74)(H2,57,75)(H,64,73)(H,65,76)(H,66,77)(H,67,80)(H,68,83)(H,69,79)(H,70,82)(H,71,81)(H,72,78)(H4,58,59,62)(H4,60,61,63)/t34-,35-,36-,37-,38-,39-,40-,41-,43-/m0/s1. The Morgan fingerprint density at radius 2 is 0.663 bits per heavy atom. The van der Waals surface area contributed by atoms with Crippen molar-refractivity contribution in [3.63, 3.8) is 0 Å². The van der Waals surface area contributed by atoms with Crippen molar-refractivity contribution in [3.05, 3.63) is 0 Å². The molecule has 0 aromatic rings. The highest BCUT2D eigenvalue weighted by Gasteiger charge is 2.36. The molecule has 474 valence electrons. The van der Waals surface area contributed by atoms with Crippen molar-refractivity contribution in [2.24, 2.45) is 79.7 Å². The third kappa shape index (κ3) is 33.4. The lowest BCUT2D eigenvalue weighted by Crippen LogP contribution is -2.61. The van der Waals surface area contributed by atoms with Gasteiger partial charge in [-0.1, -0.05) is 69.2 Å². The van der Waals surface area contributed by atoms with Crippen LogP contribution in [0.4, 0.5) is 0 Å². The molecule has 0 aromatic carbocycles. The maximum atomic E-state index is 14.4. The van der Waals surface area contributed by atoms with Crippen LogP contribution in [0.3, 0.4) is 0 Å². The normalized spacial score (nSPS) is 14.5. The highest BCUT2D eigenvalue weighted by Crippen LogP contribution is 2.15. The maximum Gasteiger partial charge on any atom is 0.243 e. The summed E-state index contributed by atoms with van der Waals surface area (Å²) in [6.45, 7) is 19.8. The van der Waals surface area contributed by atoms with Gasteiger partial charge in [-0.05, 0) is 113 Å². The summed E-state index contributed by atoms with van der Waals surface area (Å²) in [5.41, 5.74) is 38.6. The second-order valence-electron chi connectivity index (χ2n) is 23.0. The molecule has 29 heteroatoms. The Morgan fingerprint density at radius 3 is 0.964 bits per heavy atom. The van der Waals surface area contributed by atoms with Crippen LogP contribution in [0.25, 0.3) is 0 Å². The van der Waals surface area contributed by atoms with Crippen LogP contribution in [0.15, 0.2) is 9.98 Å². The lowest BCUT2D eigenvalue weighted by molar-refractivity contribution is -0.136. The Kier molecular flexibility index (Phi) is 36.5. The first-order valence-electron chi connectivity index (χ1n) is 28.8. The highest BCUT2D eigenvalue weighted by molar-refractivity contribution is 5.98. The van der Waals surface area contributed by atoms with E-state index >= 15 is 0 Å². The van der Waals surface area contributed by atoms with E-state index in [9.17, 15) is 52.7 Å². The monoisotopic (exact) mass is 1180 g/mol. The summed E-state index contributed by atoms with van der Waals surface area (Å²) in [5.74, 6) is -9.51. The van der Waals surface area contributed by atoms with Crippen LogP contribution in [0.1, 0.15) is 160 Å². The van der Waals surface area contributed by atoms with Crippen LogP contribution >= 0.6 is 0 Å². The molecule has 83 heavy (non-hydrogen) atoms. The first-order chi connectivity index (χ1) is 38.7. The fourth-order valence-corrected chi connectivity index (χ4v) is 8.62. The van der Waals surface area contributed by atoms with Gasteiger partial charge in [0.15, 0.2) is 11.9 Å². The predicted molar refractivity (Wildman–Crippen MR) is 316 cm³/mol. The van der Waals surface area contributed by atoms with E-state index in [0.717, 1.165) is 0 Å². The van der Waals surface area contributed by atoms with E-state index in [0.29, 0.717) is 19.3 Å². The van der Waals surface area contributed by atoms with Gasteiger partial charge < -0.3 is 88.0 Å². The van der Waals surface area contributed by atoms with Crippen molar-refractivity contribution in [3.8, 4) is 0 Å². The number of carbonyl (C=O) groups excluding carboxylic acids is 11. The van der Waals surface area contributed by atoms with E-state index < -0.39 is 125 Å². The minimum absolute atomic E-state index is 0.0282. The van der Waals surface area contributed by atoms with Crippen LogP contribution in [0.5, 0.6) is 0 Å². The van der Waals surface area contributed by atoms with Crippen LogP contribution in [0, 0.1) is 29.6 Å². The molecule has 0 aliphatic heterocycles. The second-order valence-corrected chi connectivity index (χ2v) is 23.0. The summed E-state index contributed by atoms with van der Waals surface area (Å²) in [6.07, 6.45) is 1.25. The van der Waals surface area contributed by atoms with E-state index in [1.54, 1.807) is 13.8 Å². The summed E-state index contributed by atoms with van der Waals surface area (Å²) in [7, 11) is 0.